The molecule has 0 aliphatic carbocycles. The molecule has 0 amide bonds. The maximum absolute atomic E-state index is 6.04. The van der Waals surface area contributed by atoms with Crippen LogP contribution in [0.25, 0.3) is 0 Å². The summed E-state index contributed by atoms with van der Waals surface area (Å²) in [5.41, 5.74) is 5.76. The zero-order valence-corrected chi connectivity index (χ0v) is 18.5. The maximum Gasteiger partial charge on any atom is 0.151 e. The number of fused-ring (bicyclic) bond motifs is 1. The molecule has 0 atom stereocenters. The van der Waals surface area contributed by atoms with Crippen molar-refractivity contribution in [2.45, 2.75) is 0 Å². The molecular weight excluding hydrogens is 404 g/mol. The van der Waals surface area contributed by atoms with Gasteiger partial charge in [0.25, 0.3) is 0 Å². The average molecular weight is 431 g/mol. The van der Waals surface area contributed by atoms with Crippen LogP contribution < -0.4 is 14.5 Å². The molecule has 162 valence electrons. The summed E-state index contributed by atoms with van der Waals surface area (Å²) < 4.78 is 6.04. The van der Waals surface area contributed by atoms with Crippen molar-refractivity contribution in [3.63, 3.8) is 0 Å². The number of benzene rings is 3. The number of hydrogen-bond acceptors (Lipinski definition) is 3. The highest BCUT2D eigenvalue weighted by atomic mass is 16.5. The molecule has 3 nitrogen and oxygen atoms in total. The fourth-order valence-electron chi connectivity index (χ4n) is 3.88. The number of rotatable bonds is 8. The number of para-hydroxylation sites is 3. The monoisotopic (exact) mass is 430 g/mol. The van der Waals surface area contributed by atoms with Gasteiger partial charge in [0.05, 0.1) is 11.4 Å². The van der Waals surface area contributed by atoms with E-state index in [-0.39, 0.29) is 0 Å². The van der Waals surface area contributed by atoms with Crippen molar-refractivity contribution in [1.29, 1.82) is 0 Å². The van der Waals surface area contributed by atoms with Gasteiger partial charge in [0, 0.05) is 22.8 Å². The van der Waals surface area contributed by atoms with Crippen LogP contribution in [0.4, 0.5) is 22.7 Å². The molecule has 0 spiro atoms. The lowest BCUT2D eigenvalue weighted by molar-refractivity contribution is 0.431. The summed E-state index contributed by atoms with van der Waals surface area (Å²) in [6, 6.07) is 26.5. The molecule has 1 heterocycles. The number of nitrogens with zero attached hydrogens (tertiary/aromatic N) is 2. The van der Waals surface area contributed by atoms with E-state index in [0.717, 1.165) is 39.9 Å². The SMILES string of the molecule is C=C/C=C(\C=C)N(c1ccccc1)c1ccc(N2C(C=C)=C(C=C)Oc3ccccc32)cc1. The standard InChI is InChI=1S/C30H26N2O/c1-5-14-23(6-2)31(24-15-10-9-11-16-24)25-19-21-26(22-20-25)32-27(7-3)29(8-4)33-30-18-13-12-17-28(30)32/h5-22H,1-4H2/b23-14+. The van der Waals surface area contributed by atoms with Crippen LogP contribution in [-0.2, 0) is 0 Å². The Bertz CT molecular complexity index is 1250. The van der Waals surface area contributed by atoms with Crippen molar-refractivity contribution in [3.05, 3.63) is 153 Å². The van der Waals surface area contributed by atoms with Crippen LogP contribution in [0.2, 0.25) is 0 Å². The molecule has 0 fully saturated rings. The lowest BCUT2D eigenvalue weighted by atomic mass is 10.1. The Morgan fingerprint density at radius 1 is 0.758 bits per heavy atom. The number of hydrogen-bond donors (Lipinski definition) is 0. The highest BCUT2D eigenvalue weighted by molar-refractivity contribution is 5.79. The molecule has 0 saturated carbocycles. The van der Waals surface area contributed by atoms with E-state index in [0.29, 0.717) is 5.76 Å². The minimum atomic E-state index is 0.668. The van der Waals surface area contributed by atoms with Crippen molar-refractivity contribution >= 4 is 22.7 Å². The van der Waals surface area contributed by atoms with Crippen molar-refractivity contribution in [1.82, 2.24) is 0 Å². The Hall–Kier alpha value is -4.50. The molecule has 0 radical (unpaired) electrons. The van der Waals surface area contributed by atoms with Gasteiger partial charge in [0.2, 0.25) is 0 Å². The quantitative estimate of drug-likeness (QED) is 0.335. The molecule has 0 saturated heterocycles. The molecule has 3 heteroatoms. The van der Waals surface area contributed by atoms with E-state index in [1.54, 1.807) is 18.2 Å². The van der Waals surface area contributed by atoms with E-state index in [1.165, 1.54) is 0 Å². The Balaban J connectivity index is 1.81. The van der Waals surface area contributed by atoms with Crippen molar-refractivity contribution in [2.24, 2.45) is 0 Å². The lowest BCUT2D eigenvalue weighted by Gasteiger charge is -2.33. The Morgan fingerprint density at radius 3 is 2.06 bits per heavy atom. The van der Waals surface area contributed by atoms with Gasteiger partial charge >= 0.3 is 0 Å². The van der Waals surface area contributed by atoms with E-state index in [9.17, 15) is 0 Å². The predicted molar refractivity (Wildman–Crippen MR) is 140 cm³/mol. The minimum absolute atomic E-state index is 0.668. The zero-order valence-electron chi connectivity index (χ0n) is 18.5. The van der Waals surface area contributed by atoms with Crippen molar-refractivity contribution in [3.8, 4) is 5.75 Å². The second-order valence-electron chi connectivity index (χ2n) is 7.28. The number of allylic oxidation sites excluding steroid dienone is 5. The predicted octanol–water partition coefficient (Wildman–Crippen LogP) is 8.19. The van der Waals surface area contributed by atoms with Gasteiger partial charge in [-0.3, -0.25) is 0 Å². The lowest BCUT2D eigenvalue weighted by Crippen LogP contribution is -2.23. The number of anilines is 4. The molecule has 33 heavy (non-hydrogen) atoms. The highest BCUT2D eigenvalue weighted by Crippen LogP contribution is 2.43. The summed E-state index contributed by atoms with van der Waals surface area (Å²) >= 11 is 0. The Labute approximate surface area is 195 Å². The van der Waals surface area contributed by atoms with Crippen LogP contribution in [0.3, 0.4) is 0 Å². The van der Waals surface area contributed by atoms with Crippen molar-refractivity contribution in [2.75, 3.05) is 9.80 Å². The molecule has 0 N–H and O–H groups in total. The fraction of sp³-hybridized carbons (Fsp3) is 0. The number of ether oxygens (including phenoxy) is 1. The fourth-order valence-corrected chi connectivity index (χ4v) is 3.88. The molecular formula is C30H26N2O. The first kappa shape index (κ1) is 21.7. The summed E-state index contributed by atoms with van der Waals surface area (Å²) in [7, 11) is 0. The second kappa shape index (κ2) is 9.75. The molecule has 3 aromatic rings. The first-order valence-corrected chi connectivity index (χ1v) is 10.7. The minimum Gasteiger partial charge on any atom is -0.453 e. The topological polar surface area (TPSA) is 15.7 Å². The van der Waals surface area contributed by atoms with Crippen LogP contribution in [-0.4, -0.2) is 0 Å². The zero-order chi connectivity index (χ0) is 23.2. The van der Waals surface area contributed by atoms with Gasteiger partial charge < -0.3 is 14.5 Å². The first-order chi connectivity index (χ1) is 16.2. The Kier molecular flexibility index (Phi) is 6.42. The van der Waals surface area contributed by atoms with E-state index in [1.807, 2.05) is 54.6 Å². The van der Waals surface area contributed by atoms with Crippen LogP contribution in [0.15, 0.2) is 153 Å². The van der Waals surface area contributed by atoms with Crippen LogP contribution in [0.5, 0.6) is 5.75 Å². The van der Waals surface area contributed by atoms with E-state index >= 15 is 0 Å². The van der Waals surface area contributed by atoms with E-state index in [2.05, 4.69) is 72.5 Å². The van der Waals surface area contributed by atoms with Crippen molar-refractivity contribution < 1.29 is 4.74 Å². The van der Waals surface area contributed by atoms with Gasteiger partial charge in [-0.05, 0) is 72.8 Å². The van der Waals surface area contributed by atoms with Gasteiger partial charge in [0.15, 0.2) is 11.5 Å². The van der Waals surface area contributed by atoms with Crippen LogP contribution in [0.1, 0.15) is 0 Å². The summed E-state index contributed by atoms with van der Waals surface area (Å²) in [5.74, 6) is 1.44. The van der Waals surface area contributed by atoms with E-state index < -0.39 is 0 Å². The third-order valence-electron chi connectivity index (χ3n) is 5.33. The summed E-state index contributed by atoms with van der Waals surface area (Å²) in [4.78, 5) is 4.28. The van der Waals surface area contributed by atoms with Gasteiger partial charge in [0.1, 0.15) is 0 Å². The van der Waals surface area contributed by atoms with Gasteiger partial charge in [-0.25, -0.2) is 0 Å². The third-order valence-corrected chi connectivity index (χ3v) is 5.33. The molecule has 1 aliphatic heterocycles. The summed E-state index contributed by atoms with van der Waals surface area (Å²) in [6.07, 6.45) is 9.04. The maximum atomic E-state index is 6.04. The van der Waals surface area contributed by atoms with Gasteiger partial charge in [-0.1, -0.05) is 62.7 Å². The molecule has 4 rings (SSSR count). The Morgan fingerprint density at radius 2 is 1.42 bits per heavy atom. The molecule has 0 bridgehead atoms. The van der Waals surface area contributed by atoms with Gasteiger partial charge in [-0.2, -0.15) is 0 Å². The van der Waals surface area contributed by atoms with Gasteiger partial charge in [-0.15, -0.1) is 0 Å². The first-order valence-electron chi connectivity index (χ1n) is 10.7. The summed E-state index contributed by atoms with van der Waals surface area (Å²) in [5, 5.41) is 0. The van der Waals surface area contributed by atoms with Crippen LogP contribution in [0, 0.1) is 0 Å². The third kappa shape index (κ3) is 4.17. The smallest absolute Gasteiger partial charge is 0.151 e. The second-order valence-corrected chi connectivity index (χ2v) is 7.28. The average Bonchev–Trinajstić information content (AvgIpc) is 2.88. The molecule has 0 unspecified atom stereocenters. The van der Waals surface area contributed by atoms with Crippen LogP contribution >= 0.6 is 0 Å². The van der Waals surface area contributed by atoms with E-state index in [4.69, 9.17) is 4.74 Å². The highest BCUT2D eigenvalue weighted by Gasteiger charge is 2.25. The molecule has 1 aliphatic rings. The normalized spacial score (nSPS) is 13.0. The molecule has 0 aromatic heterocycles. The summed E-state index contributed by atoms with van der Waals surface area (Å²) in [6.45, 7) is 15.8. The molecule has 3 aromatic carbocycles. The largest absolute Gasteiger partial charge is 0.453 e.